The number of hydrogen-bond acceptors (Lipinski definition) is 7. The highest BCUT2D eigenvalue weighted by atomic mass is 32.1. The van der Waals surface area contributed by atoms with Gasteiger partial charge in [0.2, 0.25) is 0 Å². The Morgan fingerprint density at radius 2 is 1.68 bits per heavy atom. The smallest absolute Gasteiger partial charge is 0.266 e. The maximum Gasteiger partial charge on any atom is 0.266 e. The van der Waals surface area contributed by atoms with Gasteiger partial charge in [0.15, 0.2) is 0 Å². The van der Waals surface area contributed by atoms with Crippen molar-refractivity contribution in [3.05, 3.63) is 70.5 Å². The number of carbonyl (C=O) groups is 1. The number of halogens is 2. The number of aromatic nitrogens is 3. The SMILES string of the molecule is Cc1nc(N2CCN(c3ccccn3)CC2)c2c(C)c(C(=O)Nc3c(F)cccc3F)sc2n1. The van der Waals surface area contributed by atoms with E-state index in [2.05, 4.69) is 25.1 Å². The van der Waals surface area contributed by atoms with Crippen molar-refractivity contribution in [3.8, 4) is 0 Å². The second kappa shape index (κ2) is 8.94. The van der Waals surface area contributed by atoms with Crippen LogP contribution in [0.2, 0.25) is 0 Å². The maximum atomic E-state index is 14.1. The average molecular weight is 481 g/mol. The van der Waals surface area contributed by atoms with E-state index in [0.29, 0.717) is 21.1 Å². The molecule has 1 aliphatic heterocycles. The van der Waals surface area contributed by atoms with Crippen LogP contribution in [0.4, 0.5) is 26.1 Å². The van der Waals surface area contributed by atoms with E-state index in [0.717, 1.165) is 55.3 Å². The number of fused-ring (bicyclic) bond motifs is 1. The Labute approximate surface area is 199 Å². The number of pyridine rings is 1. The second-order valence-corrected chi connectivity index (χ2v) is 9.04. The number of hydrogen-bond donors (Lipinski definition) is 1. The zero-order chi connectivity index (χ0) is 23.8. The Kier molecular flexibility index (Phi) is 5.82. The van der Waals surface area contributed by atoms with E-state index in [1.807, 2.05) is 32.0 Å². The number of anilines is 3. The van der Waals surface area contributed by atoms with E-state index in [1.54, 1.807) is 6.20 Å². The number of thiophene rings is 1. The van der Waals surface area contributed by atoms with Crippen LogP contribution in [0, 0.1) is 25.5 Å². The predicted octanol–water partition coefficient (Wildman–Crippen LogP) is 4.56. The van der Waals surface area contributed by atoms with Crippen LogP contribution in [0.5, 0.6) is 0 Å². The zero-order valence-corrected chi connectivity index (χ0v) is 19.5. The van der Waals surface area contributed by atoms with E-state index < -0.39 is 23.2 Å². The molecule has 0 atom stereocenters. The van der Waals surface area contributed by atoms with E-state index in [4.69, 9.17) is 4.98 Å². The normalized spacial score (nSPS) is 14.0. The van der Waals surface area contributed by atoms with Crippen molar-refractivity contribution in [2.24, 2.45) is 0 Å². The number of nitrogens with one attached hydrogen (secondary N) is 1. The molecule has 1 aliphatic rings. The maximum absolute atomic E-state index is 14.1. The molecule has 7 nitrogen and oxygen atoms in total. The largest absolute Gasteiger partial charge is 0.353 e. The van der Waals surface area contributed by atoms with E-state index in [1.165, 1.54) is 17.4 Å². The van der Waals surface area contributed by atoms with Gasteiger partial charge in [0, 0.05) is 32.4 Å². The summed E-state index contributed by atoms with van der Waals surface area (Å²) in [5, 5.41) is 3.17. The molecule has 5 rings (SSSR count). The second-order valence-electron chi connectivity index (χ2n) is 8.04. The minimum absolute atomic E-state index is 0.353. The third-order valence-electron chi connectivity index (χ3n) is 5.84. The van der Waals surface area contributed by atoms with Crippen LogP contribution in [0.25, 0.3) is 10.2 Å². The molecular weight excluding hydrogens is 458 g/mol. The Balaban J connectivity index is 1.45. The van der Waals surface area contributed by atoms with Gasteiger partial charge in [-0.05, 0) is 43.7 Å². The Morgan fingerprint density at radius 1 is 0.971 bits per heavy atom. The Bertz CT molecular complexity index is 1350. The van der Waals surface area contributed by atoms with Crippen LogP contribution in [-0.2, 0) is 0 Å². The highest BCUT2D eigenvalue weighted by Gasteiger charge is 2.26. The molecule has 0 saturated carbocycles. The highest BCUT2D eigenvalue weighted by molar-refractivity contribution is 7.20. The van der Waals surface area contributed by atoms with Crippen LogP contribution < -0.4 is 15.1 Å². The molecule has 0 bridgehead atoms. The van der Waals surface area contributed by atoms with Gasteiger partial charge < -0.3 is 15.1 Å². The predicted molar refractivity (Wildman–Crippen MR) is 130 cm³/mol. The fourth-order valence-corrected chi connectivity index (χ4v) is 5.26. The zero-order valence-electron chi connectivity index (χ0n) is 18.7. The van der Waals surface area contributed by atoms with Crippen molar-refractivity contribution in [1.29, 1.82) is 0 Å². The molecule has 10 heteroatoms. The van der Waals surface area contributed by atoms with Crippen molar-refractivity contribution in [1.82, 2.24) is 15.0 Å². The van der Waals surface area contributed by atoms with Gasteiger partial charge in [0.05, 0.1) is 10.3 Å². The first kappa shape index (κ1) is 22.1. The van der Waals surface area contributed by atoms with E-state index >= 15 is 0 Å². The minimum atomic E-state index is -0.825. The summed E-state index contributed by atoms with van der Waals surface area (Å²) < 4.78 is 28.1. The lowest BCUT2D eigenvalue weighted by molar-refractivity contribution is 0.102. The highest BCUT2D eigenvalue weighted by Crippen LogP contribution is 2.36. The van der Waals surface area contributed by atoms with Gasteiger partial charge in [-0.2, -0.15) is 0 Å². The number of benzene rings is 1. The first-order valence-electron chi connectivity index (χ1n) is 10.9. The number of piperazine rings is 1. The molecule has 0 unspecified atom stereocenters. The van der Waals surface area contributed by atoms with Gasteiger partial charge in [-0.3, -0.25) is 4.79 Å². The summed E-state index contributed by atoms with van der Waals surface area (Å²) in [4.78, 5) is 32.1. The quantitative estimate of drug-likeness (QED) is 0.462. The fraction of sp³-hybridized carbons (Fsp3) is 0.250. The molecule has 0 spiro atoms. The molecule has 1 N–H and O–H groups in total. The number of nitrogens with zero attached hydrogens (tertiary/aromatic N) is 5. The summed E-state index contributed by atoms with van der Waals surface area (Å²) in [5.41, 5.74) is 0.230. The lowest BCUT2D eigenvalue weighted by Crippen LogP contribution is -2.47. The van der Waals surface area contributed by atoms with Gasteiger partial charge in [0.25, 0.3) is 5.91 Å². The Hall–Kier alpha value is -3.66. The molecule has 0 radical (unpaired) electrons. The van der Waals surface area contributed by atoms with Gasteiger partial charge >= 0.3 is 0 Å². The van der Waals surface area contributed by atoms with Gasteiger partial charge in [-0.1, -0.05) is 12.1 Å². The number of aryl methyl sites for hydroxylation is 2. The third kappa shape index (κ3) is 4.05. The topological polar surface area (TPSA) is 74.2 Å². The summed E-state index contributed by atoms with van der Waals surface area (Å²) >= 11 is 1.20. The van der Waals surface area contributed by atoms with Crippen LogP contribution in [0.1, 0.15) is 21.1 Å². The van der Waals surface area contributed by atoms with E-state index in [-0.39, 0.29) is 0 Å². The van der Waals surface area contributed by atoms with Gasteiger partial charge in [-0.15, -0.1) is 11.3 Å². The molecule has 0 aliphatic carbocycles. The molecule has 1 fully saturated rings. The molecule has 4 aromatic rings. The van der Waals surface area contributed by atoms with Crippen molar-refractivity contribution in [2.45, 2.75) is 13.8 Å². The van der Waals surface area contributed by atoms with Gasteiger partial charge in [-0.25, -0.2) is 23.7 Å². The summed E-state index contributed by atoms with van der Waals surface area (Å²) in [6.45, 7) is 6.67. The van der Waals surface area contributed by atoms with Crippen LogP contribution in [0.15, 0.2) is 42.6 Å². The summed E-state index contributed by atoms with van der Waals surface area (Å²) in [6.07, 6.45) is 1.79. The van der Waals surface area contributed by atoms with Crippen molar-refractivity contribution in [3.63, 3.8) is 0 Å². The number of para-hydroxylation sites is 1. The lowest BCUT2D eigenvalue weighted by Gasteiger charge is -2.36. The summed E-state index contributed by atoms with van der Waals surface area (Å²) in [7, 11) is 0. The summed E-state index contributed by atoms with van der Waals surface area (Å²) in [5.74, 6) is 0.0878. The lowest BCUT2D eigenvalue weighted by atomic mass is 10.1. The van der Waals surface area contributed by atoms with Gasteiger partial charge in [0.1, 0.15) is 39.6 Å². The number of amides is 1. The molecule has 1 amide bonds. The molecule has 34 heavy (non-hydrogen) atoms. The fourth-order valence-electron chi connectivity index (χ4n) is 4.14. The van der Waals surface area contributed by atoms with Crippen molar-refractivity contribution >= 4 is 44.8 Å². The first-order chi connectivity index (χ1) is 16.4. The molecule has 1 aromatic carbocycles. The monoisotopic (exact) mass is 480 g/mol. The third-order valence-corrected chi connectivity index (χ3v) is 7.03. The average Bonchev–Trinajstić information content (AvgIpc) is 3.17. The molecule has 4 heterocycles. The standard InChI is InChI=1S/C24H22F2N6OS/c1-14-19-22(32-12-10-31(11-13-32)18-8-3-4-9-27-18)28-15(2)29-24(19)34-21(14)23(33)30-20-16(25)6-5-7-17(20)26/h3-9H,10-13H2,1-2H3,(H,30,33). The van der Waals surface area contributed by atoms with Crippen molar-refractivity contribution < 1.29 is 13.6 Å². The van der Waals surface area contributed by atoms with Crippen LogP contribution in [0.3, 0.4) is 0 Å². The minimum Gasteiger partial charge on any atom is -0.353 e. The van der Waals surface area contributed by atoms with E-state index in [9.17, 15) is 13.6 Å². The van der Waals surface area contributed by atoms with Crippen molar-refractivity contribution in [2.75, 3.05) is 41.3 Å². The number of rotatable bonds is 4. The van der Waals surface area contributed by atoms with Crippen LogP contribution >= 0.6 is 11.3 Å². The first-order valence-corrected chi connectivity index (χ1v) is 11.7. The molecular formula is C24H22F2N6OS. The summed E-state index contributed by atoms with van der Waals surface area (Å²) in [6, 6.07) is 9.33. The molecule has 1 saturated heterocycles. The molecule has 3 aromatic heterocycles. The number of carbonyl (C=O) groups excluding carboxylic acids is 1. The van der Waals surface area contributed by atoms with Crippen LogP contribution in [-0.4, -0.2) is 47.0 Å². The molecule has 174 valence electrons. The Morgan fingerprint density at radius 3 is 2.35 bits per heavy atom.